The van der Waals surface area contributed by atoms with E-state index in [1.165, 1.54) is 24.3 Å². The lowest BCUT2D eigenvalue weighted by molar-refractivity contribution is 0.245. The summed E-state index contributed by atoms with van der Waals surface area (Å²) < 4.78 is 54.0. The Kier molecular flexibility index (Phi) is 5.76. The fourth-order valence-corrected chi connectivity index (χ4v) is 4.97. The predicted molar refractivity (Wildman–Crippen MR) is 94.3 cm³/mol. The van der Waals surface area contributed by atoms with Gasteiger partial charge in [-0.05, 0) is 37.1 Å². The zero-order valence-electron chi connectivity index (χ0n) is 13.9. The van der Waals surface area contributed by atoms with Crippen molar-refractivity contribution in [3.05, 3.63) is 24.3 Å². The molecule has 1 saturated carbocycles. The van der Waals surface area contributed by atoms with E-state index in [-0.39, 0.29) is 15.8 Å². The van der Waals surface area contributed by atoms with E-state index in [2.05, 4.69) is 19.7 Å². The molecule has 1 heterocycles. The van der Waals surface area contributed by atoms with Crippen molar-refractivity contribution in [2.75, 3.05) is 39.3 Å². The molecule has 0 amide bonds. The van der Waals surface area contributed by atoms with Crippen LogP contribution in [-0.2, 0) is 20.0 Å². The summed E-state index contributed by atoms with van der Waals surface area (Å²) in [5.41, 5.74) is 0. The van der Waals surface area contributed by atoms with Crippen LogP contribution in [0.15, 0.2) is 34.1 Å². The van der Waals surface area contributed by atoms with E-state index >= 15 is 0 Å². The van der Waals surface area contributed by atoms with Crippen molar-refractivity contribution in [2.45, 2.75) is 28.7 Å². The van der Waals surface area contributed by atoms with Gasteiger partial charge in [-0.25, -0.2) is 26.3 Å². The number of hydrogen-bond donors (Lipinski definition) is 3. The van der Waals surface area contributed by atoms with Gasteiger partial charge in [-0.15, -0.1) is 0 Å². The van der Waals surface area contributed by atoms with Gasteiger partial charge in [0.15, 0.2) is 0 Å². The molecule has 1 aromatic carbocycles. The molecule has 0 atom stereocenters. The van der Waals surface area contributed by atoms with Crippen molar-refractivity contribution in [2.24, 2.45) is 0 Å². The highest BCUT2D eigenvalue weighted by atomic mass is 32.2. The van der Waals surface area contributed by atoms with Crippen molar-refractivity contribution in [1.29, 1.82) is 0 Å². The largest absolute Gasteiger partial charge is 0.314 e. The summed E-state index contributed by atoms with van der Waals surface area (Å²) in [5.74, 6) is 0. The van der Waals surface area contributed by atoms with Gasteiger partial charge in [0.05, 0.1) is 9.79 Å². The van der Waals surface area contributed by atoms with Crippen LogP contribution in [0.25, 0.3) is 0 Å². The molecular weight excluding hydrogens is 364 g/mol. The molecule has 3 rings (SSSR count). The Labute approximate surface area is 149 Å². The molecule has 0 aromatic heterocycles. The van der Waals surface area contributed by atoms with Gasteiger partial charge in [0.1, 0.15) is 0 Å². The minimum atomic E-state index is -3.64. The van der Waals surface area contributed by atoms with Crippen LogP contribution in [0.4, 0.5) is 0 Å². The second kappa shape index (κ2) is 7.68. The Morgan fingerprint density at radius 1 is 0.960 bits per heavy atom. The lowest BCUT2D eigenvalue weighted by Gasteiger charge is -2.27. The van der Waals surface area contributed by atoms with Gasteiger partial charge < -0.3 is 5.32 Å². The molecule has 0 radical (unpaired) electrons. The lowest BCUT2D eigenvalue weighted by Crippen LogP contribution is -2.46. The highest BCUT2D eigenvalue weighted by Gasteiger charge is 2.28. The van der Waals surface area contributed by atoms with Crippen LogP contribution in [-0.4, -0.2) is 67.0 Å². The van der Waals surface area contributed by atoms with Crippen molar-refractivity contribution < 1.29 is 16.8 Å². The van der Waals surface area contributed by atoms with E-state index in [4.69, 9.17) is 0 Å². The Morgan fingerprint density at radius 2 is 1.52 bits per heavy atom. The average molecular weight is 389 g/mol. The Balaban J connectivity index is 1.58. The van der Waals surface area contributed by atoms with E-state index in [9.17, 15) is 16.8 Å². The maximum absolute atomic E-state index is 12.3. The summed E-state index contributed by atoms with van der Waals surface area (Å²) in [5, 5.41) is 3.25. The molecule has 25 heavy (non-hydrogen) atoms. The van der Waals surface area contributed by atoms with E-state index in [1.807, 2.05) is 0 Å². The van der Waals surface area contributed by atoms with Gasteiger partial charge in [-0.3, -0.25) is 4.90 Å². The first-order chi connectivity index (χ1) is 11.9. The number of sulfonamides is 2. The molecule has 2 aliphatic rings. The number of rotatable bonds is 8. The molecule has 140 valence electrons. The average Bonchev–Trinajstić information content (AvgIpc) is 3.39. The molecule has 3 N–H and O–H groups in total. The zero-order chi connectivity index (χ0) is 17.9. The van der Waals surface area contributed by atoms with Gasteiger partial charge in [-0.2, -0.15) is 0 Å². The monoisotopic (exact) mass is 388 g/mol. The normalized spacial score (nSPS) is 19.8. The molecule has 10 heteroatoms. The Hall–Kier alpha value is -1.04. The molecule has 8 nitrogen and oxygen atoms in total. The van der Waals surface area contributed by atoms with E-state index in [1.54, 1.807) is 0 Å². The zero-order valence-corrected chi connectivity index (χ0v) is 15.6. The van der Waals surface area contributed by atoms with Crippen LogP contribution in [0.1, 0.15) is 12.8 Å². The van der Waals surface area contributed by atoms with Gasteiger partial charge in [0, 0.05) is 45.3 Å². The molecule has 0 bridgehead atoms. The number of nitrogens with zero attached hydrogens (tertiary/aromatic N) is 1. The minimum absolute atomic E-state index is 0.0139. The van der Waals surface area contributed by atoms with Crippen LogP contribution in [0.5, 0.6) is 0 Å². The van der Waals surface area contributed by atoms with Gasteiger partial charge in [0.25, 0.3) is 0 Å². The van der Waals surface area contributed by atoms with E-state index in [0.29, 0.717) is 13.1 Å². The number of hydrogen-bond acceptors (Lipinski definition) is 6. The first-order valence-electron chi connectivity index (χ1n) is 8.42. The molecule has 1 aromatic rings. The summed E-state index contributed by atoms with van der Waals surface area (Å²) in [7, 11) is -7.21. The van der Waals surface area contributed by atoms with Crippen LogP contribution < -0.4 is 14.8 Å². The second-order valence-electron chi connectivity index (χ2n) is 6.36. The fraction of sp³-hybridized carbons (Fsp3) is 0.600. The van der Waals surface area contributed by atoms with Crippen molar-refractivity contribution in [1.82, 2.24) is 19.7 Å². The van der Waals surface area contributed by atoms with Crippen LogP contribution in [0, 0.1) is 0 Å². The third kappa shape index (κ3) is 5.22. The van der Waals surface area contributed by atoms with Gasteiger partial charge >= 0.3 is 0 Å². The van der Waals surface area contributed by atoms with Crippen LogP contribution in [0.3, 0.4) is 0 Å². The highest BCUT2D eigenvalue weighted by Crippen LogP contribution is 2.22. The molecule has 1 saturated heterocycles. The predicted octanol–water partition coefficient (Wildman–Crippen LogP) is -0.689. The molecule has 2 fully saturated rings. The van der Waals surface area contributed by atoms with Crippen molar-refractivity contribution >= 4 is 20.0 Å². The quantitative estimate of drug-likeness (QED) is 0.544. The first-order valence-corrected chi connectivity index (χ1v) is 11.4. The number of benzene rings is 1. The summed E-state index contributed by atoms with van der Waals surface area (Å²) in [6, 6.07) is 5.33. The summed E-state index contributed by atoms with van der Waals surface area (Å²) in [6.07, 6.45) is 1.70. The second-order valence-corrected chi connectivity index (χ2v) is 9.84. The van der Waals surface area contributed by atoms with Crippen LogP contribution in [0.2, 0.25) is 0 Å². The SMILES string of the molecule is O=S(=O)(NCCN1CCNCC1)c1ccc(S(=O)(=O)NC2CC2)cc1. The van der Waals surface area contributed by atoms with Crippen molar-refractivity contribution in [3.8, 4) is 0 Å². The van der Waals surface area contributed by atoms with E-state index < -0.39 is 20.0 Å². The van der Waals surface area contributed by atoms with Gasteiger partial charge in [0.2, 0.25) is 20.0 Å². The Morgan fingerprint density at radius 3 is 2.08 bits per heavy atom. The smallest absolute Gasteiger partial charge is 0.240 e. The summed E-state index contributed by atoms with van der Waals surface area (Å²) in [6.45, 7) is 4.62. The maximum Gasteiger partial charge on any atom is 0.240 e. The molecule has 0 unspecified atom stereocenters. The maximum atomic E-state index is 12.3. The number of piperazine rings is 1. The lowest BCUT2D eigenvalue weighted by atomic mass is 10.3. The molecular formula is C15H24N4O4S2. The third-order valence-corrected chi connectivity index (χ3v) is 7.29. The van der Waals surface area contributed by atoms with Crippen molar-refractivity contribution in [3.63, 3.8) is 0 Å². The molecule has 1 aliphatic heterocycles. The molecule has 0 spiro atoms. The first kappa shape index (κ1) is 18.7. The summed E-state index contributed by atoms with van der Waals surface area (Å²) in [4.78, 5) is 2.34. The highest BCUT2D eigenvalue weighted by molar-refractivity contribution is 7.90. The fourth-order valence-electron chi connectivity index (χ4n) is 2.64. The van der Waals surface area contributed by atoms with Crippen LogP contribution >= 0.6 is 0 Å². The van der Waals surface area contributed by atoms with Gasteiger partial charge in [-0.1, -0.05) is 0 Å². The standard InChI is InChI=1S/C15H24N4O4S2/c20-24(21,17-9-12-19-10-7-16-8-11-19)14-3-5-15(6-4-14)25(22,23)18-13-1-2-13/h3-6,13,16-18H,1-2,7-12H2. The minimum Gasteiger partial charge on any atom is -0.314 e. The third-order valence-electron chi connectivity index (χ3n) is 4.27. The summed E-state index contributed by atoms with van der Waals surface area (Å²) >= 11 is 0. The molecule has 1 aliphatic carbocycles. The number of nitrogens with one attached hydrogen (secondary N) is 3. The topological polar surface area (TPSA) is 108 Å². The Bertz CT molecular complexity index is 783. The van der Waals surface area contributed by atoms with E-state index in [0.717, 1.165) is 39.0 Å².